The maximum atomic E-state index is 6.14. The van der Waals surface area contributed by atoms with Gasteiger partial charge in [-0.25, -0.2) is 0 Å². The maximum Gasteiger partial charge on any atom is 0.0606 e. The summed E-state index contributed by atoms with van der Waals surface area (Å²) < 4.78 is 12.0. The summed E-state index contributed by atoms with van der Waals surface area (Å²) in [5.74, 6) is 0.602. The molecule has 110 valence electrons. The predicted molar refractivity (Wildman–Crippen MR) is 79.0 cm³/mol. The Labute approximate surface area is 114 Å². The second-order valence-electron chi connectivity index (χ2n) is 6.77. The molecule has 0 fully saturated rings. The van der Waals surface area contributed by atoms with Crippen molar-refractivity contribution in [3.05, 3.63) is 0 Å². The molecule has 0 aliphatic carbocycles. The van der Waals surface area contributed by atoms with Gasteiger partial charge in [-0.2, -0.15) is 0 Å². The summed E-state index contributed by atoms with van der Waals surface area (Å²) in [5.41, 5.74) is -0.0593. The average molecular weight is 258 g/mol. The molecule has 0 spiro atoms. The Morgan fingerprint density at radius 3 is 2.11 bits per heavy atom. The van der Waals surface area contributed by atoms with E-state index in [0.717, 1.165) is 19.4 Å². The Kier molecular flexibility index (Phi) is 8.89. The molecular formula is C16H34O2. The van der Waals surface area contributed by atoms with Crippen LogP contribution in [0.2, 0.25) is 0 Å². The second kappa shape index (κ2) is 8.92. The molecule has 0 saturated heterocycles. The van der Waals surface area contributed by atoms with E-state index in [-0.39, 0.29) is 11.7 Å². The van der Waals surface area contributed by atoms with Crippen LogP contribution in [0.15, 0.2) is 0 Å². The standard InChI is InChI=1S/C16H34O2/c1-8-9-10-15(18-16(5,6)7)11-14(4)17-12-13(2)3/h13-15H,8-12H2,1-7H3. The SMILES string of the molecule is CCCCC(CC(C)OCC(C)C)OC(C)(C)C. The van der Waals surface area contributed by atoms with Gasteiger partial charge in [-0.05, 0) is 46.5 Å². The van der Waals surface area contributed by atoms with E-state index < -0.39 is 0 Å². The maximum absolute atomic E-state index is 6.14. The van der Waals surface area contributed by atoms with Gasteiger partial charge in [0.15, 0.2) is 0 Å². The Hall–Kier alpha value is -0.0800. The van der Waals surface area contributed by atoms with Gasteiger partial charge in [0.2, 0.25) is 0 Å². The summed E-state index contributed by atoms with van der Waals surface area (Å²) in [7, 11) is 0. The summed E-state index contributed by atoms with van der Waals surface area (Å²) in [5, 5.41) is 0. The van der Waals surface area contributed by atoms with Crippen LogP contribution in [0.4, 0.5) is 0 Å². The third-order valence-corrected chi connectivity index (χ3v) is 2.71. The van der Waals surface area contributed by atoms with Crippen molar-refractivity contribution in [2.45, 2.75) is 92.0 Å². The second-order valence-corrected chi connectivity index (χ2v) is 6.77. The lowest BCUT2D eigenvalue weighted by Gasteiger charge is -2.29. The molecule has 2 nitrogen and oxygen atoms in total. The molecule has 0 aromatic carbocycles. The van der Waals surface area contributed by atoms with Crippen molar-refractivity contribution in [3.63, 3.8) is 0 Å². The van der Waals surface area contributed by atoms with Gasteiger partial charge < -0.3 is 9.47 Å². The van der Waals surface area contributed by atoms with Gasteiger partial charge in [0.25, 0.3) is 0 Å². The Morgan fingerprint density at radius 2 is 1.67 bits per heavy atom. The molecule has 0 aliphatic heterocycles. The van der Waals surface area contributed by atoms with Crippen LogP contribution in [0.3, 0.4) is 0 Å². The number of ether oxygens (including phenoxy) is 2. The number of hydrogen-bond acceptors (Lipinski definition) is 2. The van der Waals surface area contributed by atoms with Gasteiger partial charge in [-0.3, -0.25) is 0 Å². The van der Waals surface area contributed by atoms with Gasteiger partial charge >= 0.3 is 0 Å². The zero-order valence-electron chi connectivity index (χ0n) is 13.6. The van der Waals surface area contributed by atoms with Gasteiger partial charge in [-0.15, -0.1) is 0 Å². The van der Waals surface area contributed by atoms with Crippen LogP contribution in [0, 0.1) is 5.92 Å². The Bertz CT molecular complexity index is 194. The van der Waals surface area contributed by atoms with Crippen LogP contribution in [0.25, 0.3) is 0 Å². The predicted octanol–water partition coefficient (Wildman–Crippen LogP) is 4.81. The Balaban J connectivity index is 4.12. The lowest BCUT2D eigenvalue weighted by atomic mass is 10.0. The van der Waals surface area contributed by atoms with Crippen molar-refractivity contribution in [1.82, 2.24) is 0 Å². The fraction of sp³-hybridized carbons (Fsp3) is 1.00. The number of rotatable bonds is 9. The Morgan fingerprint density at radius 1 is 1.06 bits per heavy atom. The first kappa shape index (κ1) is 17.9. The molecule has 0 aromatic heterocycles. The van der Waals surface area contributed by atoms with Crippen LogP contribution in [-0.2, 0) is 9.47 Å². The van der Waals surface area contributed by atoms with Gasteiger partial charge in [0.05, 0.1) is 17.8 Å². The molecule has 0 aliphatic rings. The van der Waals surface area contributed by atoms with E-state index in [9.17, 15) is 0 Å². The third kappa shape index (κ3) is 11.0. The zero-order valence-corrected chi connectivity index (χ0v) is 13.6. The first-order chi connectivity index (χ1) is 8.24. The van der Waals surface area contributed by atoms with Crippen molar-refractivity contribution >= 4 is 0 Å². The highest BCUT2D eigenvalue weighted by Gasteiger charge is 2.20. The van der Waals surface area contributed by atoms with E-state index in [4.69, 9.17) is 9.47 Å². The summed E-state index contributed by atoms with van der Waals surface area (Å²) >= 11 is 0. The first-order valence-corrected chi connectivity index (χ1v) is 7.54. The van der Waals surface area contributed by atoms with E-state index in [1.54, 1.807) is 0 Å². The molecule has 0 radical (unpaired) electrons. The van der Waals surface area contributed by atoms with Crippen LogP contribution in [0.1, 0.15) is 74.1 Å². The minimum Gasteiger partial charge on any atom is -0.378 e. The van der Waals surface area contributed by atoms with Crippen molar-refractivity contribution in [3.8, 4) is 0 Å². The van der Waals surface area contributed by atoms with E-state index in [1.165, 1.54) is 12.8 Å². The van der Waals surface area contributed by atoms with Crippen LogP contribution in [0.5, 0.6) is 0 Å². The first-order valence-electron chi connectivity index (χ1n) is 7.54. The molecule has 2 heteroatoms. The largest absolute Gasteiger partial charge is 0.378 e. The molecule has 0 N–H and O–H groups in total. The molecule has 0 aromatic rings. The summed E-state index contributed by atoms with van der Waals surface area (Å²) in [6.07, 6.45) is 5.22. The molecule has 0 saturated carbocycles. The molecule has 0 amide bonds. The highest BCUT2D eigenvalue weighted by Crippen LogP contribution is 2.20. The molecule has 18 heavy (non-hydrogen) atoms. The number of hydrogen-bond donors (Lipinski definition) is 0. The van der Waals surface area contributed by atoms with Crippen molar-refractivity contribution < 1.29 is 9.47 Å². The normalized spacial score (nSPS) is 16.0. The van der Waals surface area contributed by atoms with Gasteiger partial charge in [0.1, 0.15) is 0 Å². The van der Waals surface area contributed by atoms with E-state index >= 15 is 0 Å². The van der Waals surface area contributed by atoms with Crippen molar-refractivity contribution in [1.29, 1.82) is 0 Å². The highest BCUT2D eigenvalue weighted by atomic mass is 16.5. The van der Waals surface area contributed by atoms with Crippen LogP contribution in [-0.4, -0.2) is 24.4 Å². The molecule has 2 unspecified atom stereocenters. The molecule has 0 heterocycles. The monoisotopic (exact) mass is 258 g/mol. The molecule has 0 bridgehead atoms. The minimum atomic E-state index is -0.0593. The lowest BCUT2D eigenvalue weighted by Crippen LogP contribution is -2.30. The lowest BCUT2D eigenvalue weighted by molar-refractivity contribution is -0.0876. The highest BCUT2D eigenvalue weighted by molar-refractivity contribution is 4.69. The van der Waals surface area contributed by atoms with Gasteiger partial charge in [0, 0.05) is 6.61 Å². The summed E-state index contributed by atoms with van der Waals surface area (Å²) in [4.78, 5) is 0. The summed E-state index contributed by atoms with van der Waals surface area (Å²) in [6, 6.07) is 0. The van der Waals surface area contributed by atoms with Crippen LogP contribution >= 0.6 is 0 Å². The van der Waals surface area contributed by atoms with E-state index in [2.05, 4.69) is 48.5 Å². The summed E-state index contributed by atoms with van der Waals surface area (Å²) in [6.45, 7) is 16.0. The van der Waals surface area contributed by atoms with E-state index in [0.29, 0.717) is 12.0 Å². The average Bonchev–Trinajstić information content (AvgIpc) is 2.21. The molecular weight excluding hydrogens is 224 g/mol. The molecule has 0 rings (SSSR count). The van der Waals surface area contributed by atoms with Gasteiger partial charge in [-0.1, -0.05) is 33.6 Å². The number of unbranched alkanes of at least 4 members (excludes halogenated alkanes) is 1. The third-order valence-electron chi connectivity index (χ3n) is 2.71. The topological polar surface area (TPSA) is 18.5 Å². The quantitative estimate of drug-likeness (QED) is 0.591. The van der Waals surface area contributed by atoms with Crippen molar-refractivity contribution in [2.75, 3.05) is 6.61 Å². The van der Waals surface area contributed by atoms with E-state index in [1.807, 2.05) is 0 Å². The van der Waals surface area contributed by atoms with Crippen LogP contribution < -0.4 is 0 Å². The smallest absolute Gasteiger partial charge is 0.0606 e. The minimum absolute atomic E-state index is 0.0593. The fourth-order valence-electron chi connectivity index (χ4n) is 1.95. The van der Waals surface area contributed by atoms with Crippen molar-refractivity contribution in [2.24, 2.45) is 5.92 Å². The zero-order chi connectivity index (χ0) is 14.2. The fourth-order valence-corrected chi connectivity index (χ4v) is 1.95. The molecule has 2 atom stereocenters.